The number of hydrogen-bond acceptors (Lipinski definition) is 1. The highest BCUT2D eigenvalue weighted by molar-refractivity contribution is 9.09. The first kappa shape index (κ1) is 16.1. The molecule has 1 saturated carbocycles. The van der Waals surface area contributed by atoms with Crippen LogP contribution in [0.15, 0.2) is 0 Å². The maximum Gasteiger partial charge on any atom is 0.423 e. The average molecular weight is 343 g/mol. The van der Waals surface area contributed by atoms with Gasteiger partial charge in [-0.1, -0.05) is 35.2 Å². The van der Waals surface area contributed by atoms with E-state index in [0.29, 0.717) is 12.8 Å². The fourth-order valence-electron chi connectivity index (χ4n) is 1.90. The molecule has 0 amide bonds. The molecule has 0 aromatic carbocycles. The van der Waals surface area contributed by atoms with Crippen molar-refractivity contribution >= 4 is 15.9 Å². The highest BCUT2D eigenvalue weighted by Gasteiger charge is 2.59. The summed E-state index contributed by atoms with van der Waals surface area (Å²) >= 11 is 3.11. The molecule has 0 N–H and O–H groups in total. The van der Waals surface area contributed by atoms with Gasteiger partial charge < -0.3 is 4.74 Å². The van der Waals surface area contributed by atoms with Gasteiger partial charge in [-0.25, -0.2) is 0 Å². The molecule has 1 nitrogen and oxygen atoms in total. The predicted octanol–water partition coefficient (Wildman–Crippen LogP) is 4.59. The van der Waals surface area contributed by atoms with E-state index in [9.17, 15) is 26.3 Å². The van der Waals surface area contributed by atoms with Crippen molar-refractivity contribution in [3.05, 3.63) is 0 Å². The van der Waals surface area contributed by atoms with E-state index < -0.39 is 29.4 Å². The van der Waals surface area contributed by atoms with Gasteiger partial charge >= 0.3 is 12.4 Å². The van der Waals surface area contributed by atoms with Gasteiger partial charge in [0.1, 0.15) is 0 Å². The smallest absolute Gasteiger partial charge is 0.356 e. The van der Waals surface area contributed by atoms with Gasteiger partial charge in [-0.05, 0) is 12.8 Å². The van der Waals surface area contributed by atoms with E-state index >= 15 is 0 Å². The van der Waals surface area contributed by atoms with E-state index in [1.807, 2.05) is 0 Å². The number of hydrogen-bond donors (Lipinski definition) is 0. The van der Waals surface area contributed by atoms with Crippen molar-refractivity contribution in [2.75, 3.05) is 0 Å². The number of rotatable bonds is 2. The van der Waals surface area contributed by atoms with Crippen LogP contribution in [0.2, 0.25) is 0 Å². The van der Waals surface area contributed by atoms with Gasteiger partial charge in [0.15, 0.2) is 0 Å². The molecule has 2 atom stereocenters. The van der Waals surface area contributed by atoms with Crippen molar-refractivity contribution in [1.29, 1.82) is 0 Å². The van der Waals surface area contributed by atoms with Gasteiger partial charge in [0, 0.05) is 4.83 Å². The van der Waals surface area contributed by atoms with E-state index in [4.69, 9.17) is 0 Å². The second-order valence-corrected chi connectivity index (χ2v) is 5.47. The first-order valence-electron chi connectivity index (χ1n) is 5.55. The summed E-state index contributed by atoms with van der Waals surface area (Å²) in [5, 5.41) is 0. The first-order chi connectivity index (χ1) is 8.12. The fraction of sp³-hybridized carbons (Fsp3) is 1.00. The van der Waals surface area contributed by atoms with Crippen LogP contribution in [0, 0.1) is 0 Å². The maximum absolute atomic E-state index is 12.3. The van der Waals surface area contributed by atoms with Gasteiger partial charge in [0.2, 0.25) is 6.10 Å². The second kappa shape index (κ2) is 5.98. The molecule has 0 radical (unpaired) electrons. The normalized spacial score (nSPS) is 27.3. The van der Waals surface area contributed by atoms with Crippen LogP contribution in [-0.2, 0) is 4.74 Å². The number of alkyl halides is 7. The zero-order valence-corrected chi connectivity index (χ0v) is 10.9. The summed E-state index contributed by atoms with van der Waals surface area (Å²) in [7, 11) is 0. The lowest BCUT2D eigenvalue weighted by Crippen LogP contribution is -2.47. The molecule has 8 heteroatoms. The quantitative estimate of drug-likeness (QED) is 0.405. The summed E-state index contributed by atoms with van der Waals surface area (Å²) in [6.45, 7) is 0. The van der Waals surface area contributed by atoms with Crippen molar-refractivity contribution in [1.82, 2.24) is 0 Å². The Bertz CT molecular complexity index is 250. The number of halogens is 7. The minimum absolute atomic E-state index is 0.207. The molecule has 1 fully saturated rings. The zero-order valence-electron chi connectivity index (χ0n) is 9.32. The Morgan fingerprint density at radius 3 is 1.89 bits per heavy atom. The van der Waals surface area contributed by atoms with Crippen LogP contribution in [0.4, 0.5) is 26.3 Å². The molecule has 1 aliphatic carbocycles. The third kappa shape index (κ3) is 4.60. The van der Waals surface area contributed by atoms with Crippen molar-refractivity contribution in [2.45, 2.75) is 61.5 Å². The molecule has 0 heterocycles. The Kier molecular flexibility index (Phi) is 5.34. The van der Waals surface area contributed by atoms with Crippen LogP contribution in [0.5, 0.6) is 0 Å². The molecule has 0 bridgehead atoms. The molecule has 1 rings (SSSR count). The Balaban J connectivity index is 2.76. The van der Waals surface area contributed by atoms with Gasteiger partial charge in [-0.3, -0.25) is 0 Å². The Morgan fingerprint density at radius 2 is 1.39 bits per heavy atom. The third-order valence-corrected chi connectivity index (χ3v) is 3.82. The van der Waals surface area contributed by atoms with Crippen molar-refractivity contribution in [3.8, 4) is 0 Å². The Morgan fingerprint density at radius 1 is 0.889 bits per heavy atom. The predicted molar refractivity (Wildman–Crippen MR) is 56.6 cm³/mol. The topological polar surface area (TPSA) is 9.23 Å². The molecule has 0 aromatic rings. The van der Waals surface area contributed by atoms with Gasteiger partial charge in [0.25, 0.3) is 0 Å². The summed E-state index contributed by atoms with van der Waals surface area (Å²) in [4.78, 5) is -0.466. The van der Waals surface area contributed by atoms with Crippen LogP contribution < -0.4 is 0 Å². The summed E-state index contributed by atoms with van der Waals surface area (Å²) < 4.78 is 78.4. The zero-order chi connectivity index (χ0) is 14.0. The van der Waals surface area contributed by atoms with E-state index in [0.717, 1.165) is 12.8 Å². The second-order valence-electron chi connectivity index (χ2n) is 4.29. The molecule has 18 heavy (non-hydrogen) atoms. The fourth-order valence-corrected chi connectivity index (χ4v) is 2.61. The third-order valence-electron chi connectivity index (χ3n) is 2.78. The molecule has 0 saturated heterocycles. The molecular weight excluding hydrogens is 330 g/mol. The molecule has 1 aliphatic rings. The van der Waals surface area contributed by atoms with Crippen molar-refractivity contribution < 1.29 is 31.1 Å². The standard InChI is InChI=1S/C10H13BrF6O/c11-6-4-2-1-3-5-7(6)18-8(9(12,13)14)10(15,16)17/h6-8H,1-5H2. The molecule has 108 valence electrons. The molecule has 0 aliphatic heterocycles. The van der Waals surface area contributed by atoms with Crippen LogP contribution in [-0.4, -0.2) is 29.4 Å². The minimum atomic E-state index is -5.43. The first-order valence-corrected chi connectivity index (χ1v) is 6.47. The van der Waals surface area contributed by atoms with Gasteiger partial charge in [0.05, 0.1) is 6.10 Å². The van der Waals surface area contributed by atoms with E-state index in [2.05, 4.69) is 20.7 Å². The van der Waals surface area contributed by atoms with Crippen molar-refractivity contribution in [3.63, 3.8) is 0 Å². The largest absolute Gasteiger partial charge is 0.423 e. The van der Waals surface area contributed by atoms with Crippen LogP contribution in [0.25, 0.3) is 0 Å². The van der Waals surface area contributed by atoms with E-state index in [-0.39, 0.29) is 6.42 Å². The molecular formula is C10H13BrF6O. The van der Waals surface area contributed by atoms with Gasteiger partial charge in [-0.15, -0.1) is 0 Å². The molecule has 2 unspecified atom stereocenters. The summed E-state index contributed by atoms with van der Waals surface area (Å²) in [5.41, 5.74) is 0. The van der Waals surface area contributed by atoms with Crippen LogP contribution in [0.3, 0.4) is 0 Å². The highest BCUT2D eigenvalue weighted by atomic mass is 79.9. The lowest BCUT2D eigenvalue weighted by molar-refractivity contribution is -0.331. The summed E-state index contributed by atoms with van der Waals surface area (Å²) in [5.74, 6) is 0. The summed E-state index contributed by atoms with van der Waals surface area (Å²) in [6.07, 6.45) is -12.7. The molecule has 0 aromatic heterocycles. The monoisotopic (exact) mass is 342 g/mol. The Labute approximate surface area is 109 Å². The van der Waals surface area contributed by atoms with Gasteiger partial charge in [-0.2, -0.15) is 26.3 Å². The summed E-state index contributed by atoms with van der Waals surface area (Å²) in [6, 6.07) is 0. The molecule has 0 spiro atoms. The van der Waals surface area contributed by atoms with Crippen LogP contribution >= 0.6 is 15.9 Å². The van der Waals surface area contributed by atoms with E-state index in [1.165, 1.54) is 0 Å². The SMILES string of the molecule is FC(F)(F)C(OC1CCCCCC1Br)C(F)(F)F. The highest BCUT2D eigenvalue weighted by Crippen LogP contribution is 2.38. The lowest BCUT2D eigenvalue weighted by atomic mass is 10.1. The maximum atomic E-state index is 12.3. The average Bonchev–Trinajstić information content (AvgIpc) is 2.36. The minimum Gasteiger partial charge on any atom is -0.356 e. The Hall–Kier alpha value is 0.0200. The van der Waals surface area contributed by atoms with E-state index in [1.54, 1.807) is 0 Å². The number of ether oxygens (including phenoxy) is 1. The van der Waals surface area contributed by atoms with Crippen LogP contribution in [0.1, 0.15) is 32.1 Å². The lowest BCUT2D eigenvalue weighted by Gasteiger charge is -2.29. The van der Waals surface area contributed by atoms with Crippen molar-refractivity contribution in [2.24, 2.45) is 0 Å².